The molecule has 0 spiro atoms. The minimum absolute atomic E-state index is 0.0842. The van der Waals surface area contributed by atoms with E-state index in [1.807, 2.05) is 36.4 Å². The maximum Gasteiger partial charge on any atom is 0.136 e. The van der Waals surface area contributed by atoms with Gasteiger partial charge in [-0.15, -0.1) is 0 Å². The maximum atomic E-state index is 9.90. The Bertz CT molecular complexity index is 603. The molecule has 0 unspecified atom stereocenters. The molecule has 0 aromatic carbocycles. The molecule has 6 heteroatoms. The lowest BCUT2D eigenvalue weighted by Crippen LogP contribution is -2.50. The topological polar surface area (TPSA) is 94.5 Å². The van der Waals surface area contributed by atoms with Gasteiger partial charge in [-0.3, -0.25) is 9.80 Å². The Morgan fingerprint density at radius 1 is 1.00 bits per heavy atom. The fourth-order valence-corrected chi connectivity index (χ4v) is 3.80. The molecule has 6 nitrogen and oxygen atoms in total. The van der Waals surface area contributed by atoms with Crippen LogP contribution in [-0.2, 0) is 0 Å². The number of allylic oxidation sites excluding steroid dienone is 4. The number of hydrogen-bond acceptors (Lipinski definition) is 6. The van der Waals surface area contributed by atoms with Gasteiger partial charge in [-0.05, 0) is 12.8 Å². The summed E-state index contributed by atoms with van der Waals surface area (Å²) in [5.41, 5.74) is 0.753. The largest absolute Gasteiger partial charge is 0.392 e. The van der Waals surface area contributed by atoms with Crippen molar-refractivity contribution < 1.29 is 10.2 Å². The summed E-state index contributed by atoms with van der Waals surface area (Å²) in [5, 5.41) is 37.8. The van der Waals surface area contributed by atoms with Gasteiger partial charge in [0.15, 0.2) is 0 Å². The van der Waals surface area contributed by atoms with Crippen molar-refractivity contribution >= 4 is 0 Å². The lowest BCUT2D eigenvalue weighted by atomic mass is 9.94. The third-order valence-corrected chi connectivity index (χ3v) is 4.99. The molecule has 24 heavy (non-hydrogen) atoms. The number of rotatable bonds is 3. The van der Waals surface area contributed by atoms with E-state index in [4.69, 9.17) is 10.5 Å². The van der Waals surface area contributed by atoms with Gasteiger partial charge < -0.3 is 10.2 Å². The molecule has 2 aliphatic heterocycles. The first kappa shape index (κ1) is 16.9. The minimum atomic E-state index is -0.296. The summed E-state index contributed by atoms with van der Waals surface area (Å²) in [6, 6.07) is 3.83. The average Bonchev–Trinajstić information content (AvgIpc) is 3.19. The van der Waals surface area contributed by atoms with Gasteiger partial charge in [-0.25, -0.2) is 0 Å². The number of nitrogens with zero attached hydrogens (tertiary/aromatic N) is 4. The van der Waals surface area contributed by atoms with Crippen LogP contribution in [0.3, 0.4) is 0 Å². The fourth-order valence-electron chi connectivity index (χ4n) is 3.80. The zero-order chi connectivity index (χ0) is 17.1. The van der Waals surface area contributed by atoms with Crippen LogP contribution in [0, 0.1) is 28.6 Å². The molecular weight excluding hydrogens is 304 g/mol. The molecule has 2 fully saturated rings. The molecule has 0 amide bonds. The quantitative estimate of drug-likeness (QED) is 0.735. The number of hydrogen-bond donors (Lipinski definition) is 2. The second-order valence-corrected chi connectivity index (χ2v) is 6.64. The summed E-state index contributed by atoms with van der Waals surface area (Å²) in [6.45, 7) is 2.95. The van der Waals surface area contributed by atoms with Crippen molar-refractivity contribution in [2.24, 2.45) is 5.92 Å². The van der Waals surface area contributed by atoms with Gasteiger partial charge in [0.2, 0.25) is 0 Å². The van der Waals surface area contributed by atoms with E-state index in [0.717, 1.165) is 25.9 Å². The maximum absolute atomic E-state index is 9.90. The number of nitriles is 2. The normalized spacial score (nSPS) is 30.7. The molecule has 0 bridgehead atoms. The SMILES string of the molecule is N#CC(C#N)=C1C=CC(C(N2CC[C@@H](O)C2)N2CC[C@@H](O)C2)C=C1. The first-order chi connectivity index (χ1) is 11.6. The van der Waals surface area contributed by atoms with Gasteiger partial charge in [-0.1, -0.05) is 24.3 Å². The van der Waals surface area contributed by atoms with Crippen LogP contribution in [-0.4, -0.2) is 64.6 Å². The summed E-state index contributed by atoms with van der Waals surface area (Å²) in [6.07, 6.45) is 8.73. The van der Waals surface area contributed by atoms with Crippen LogP contribution in [0.5, 0.6) is 0 Å². The fraction of sp³-hybridized carbons (Fsp3) is 0.556. The van der Waals surface area contributed by atoms with Crippen LogP contribution in [0.15, 0.2) is 35.5 Å². The molecule has 0 radical (unpaired) electrons. The third-order valence-electron chi connectivity index (χ3n) is 4.99. The van der Waals surface area contributed by atoms with Crippen molar-refractivity contribution in [3.05, 3.63) is 35.5 Å². The van der Waals surface area contributed by atoms with Gasteiger partial charge >= 0.3 is 0 Å². The number of β-amino-alcohol motifs (C(OH)–C–C–N with tert-alkyl or cyclic N) is 2. The van der Waals surface area contributed by atoms with E-state index >= 15 is 0 Å². The van der Waals surface area contributed by atoms with E-state index < -0.39 is 0 Å². The Morgan fingerprint density at radius 3 is 1.88 bits per heavy atom. The van der Waals surface area contributed by atoms with Crippen molar-refractivity contribution in [1.29, 1.82) is 10.5 Å². The highest BCUT2D eigenvalue weighted by Gasteiger charge is 2.37. The van der Waals surface area contributed by atoms with Crippen LogP contribution in [0.25, 0.3) is 0 Å². The Morgan fingerprint density at radius 2 is 1.50 bits per heavy atom. The first-order valence-corrected chi connectivity index (χ1v) is 8.37. The van der Waals surface area contributed by atoms with Crippen molar-refractivity contribution in [2.45, 2.75) is 31.2 Å². The van der Waals surface area contributed by atoms with E-state index in [-0.39, 0.29) is 29.9 Å². The van der Waals surface area contributed by atoms with Gasteiger partial charge in [0, 0.05) is 37.7 Å². The standard InChI is InChI=1S/C18H22N4O2/c19-9-15(10-20)13-1-3-14(4-2-13)18(21-7-5-16(23)11-21)22-8-6-17(24)12-22/h1-4,14,16-18,23-24H,5-8,11-12H2/t16-,17-/m1/s1. The van der Waals surface area contributed by atoms with Crippen LogP contribution >= 0.6 is 0 Å². The lowest BCUT2D eigenvalue weighted by molar-refractivity contribution is 0.0383. The monoisotopic (exact) mass is 326 g/mol. The van der Waals surface area contributed by atoms with Crippen molar-refractivity contribution in [2.75, 3.05) is 26.2 Å². The summed E-state index contributed by atoms with van der Waals surface area (Å²) < 4.78 is 0. The zero-order valence-electron chi connectivity index (χ0n) is 13.5. The molecule has 0 aromatic rings. The summed E-state index contributed by atoms with van der Waals surface area (Å²) >= 11 is 0. The van der Waals surface area contributed by atoms with Crippen LogP contribution in [0.2, 0.25) is 0 Å². The van der Waals surface area contributed by atoms with Crippen LogP contribution in [0.4, 0.5) is 0 Å². The summed E-state index contributed by atoms with van der Waals surface area (Å²) in [4.78, 5) is 4.54. The Hall–Kier alpha value is -1.96. The van der Waals surface area contributed by atoms with Gasteiger partial charge in [0.05, 0.1) is 18.4 Å². The van der Waals surface area contributed by atoms with E-state index in [2.05, 4.69) is 9.80 Å². The van der Waals surface area contributed by atoms with Crippen LogP contribution < -0.4 is 0 Å². The molecule has 1 aliphatic carbocycles. The molecule has 0 aromatic heterocycles. The predicted molar refractivity (Wildman–Crippen MR) is 88.2 cm³/mol. The zero-order valence-corrected chi connectivity index (χ0v) is 13.5. The van der Waals surface area contributed by atoms with E-state index in [1.165, 1.54) is 0 Å². The predicted octanol–water partition coefficient (Wildman–Crippen LogP) is 0.532. The highest BCUT2D eigenvalue weighted by molar-refractivity contribution is 5.51. The van der Waals surface area contributed by atoms with Crippen LogP contribution in [0.1, 0.15) is 12.8 Å². The van der Waals surface area contributed by atoms with E-state index in [1.54, 1.807) is 0 Å². The number of likely N-dealkylation sites (tertiary alicyclic amines) is 2. The molecule has 2 heterocycles. The van der Waals surface area contributed by atoms with E-state index in [0.29, 0.717) is 18.7 Å². The highest BCUT2D eigenvalue weighted by atomic mass is 16.3. The van der Waals surface area contributed by atoms with Gasteiger partial charge in [0.25, 0.3) is 0 Å². The Kier molecular flexibility index (Phi) is 5.13. The smallest absolute Gasteiger partial charge is 0.136 e. The van der Waals surface area contributed by atoms with Crippen molar-refractivity contribution in [3.63, 3.8) is 0 Å². The molecule has 2 saturated heterocycles. The molecule has 3 aliphatic rings. The van der Waals surface area contributed by atoms with Crippen molar-refractivity contribution in [3.8, 4) is 12.1 Å². The van der Waals surface area contributed by atoms with Gasteiger partial charge in [-0.2, -0.15) is 10.5 Å². The highest BCUT2D eigenvalue weighted by Crippen LogP contribution is 2.29. The summed E-state index contributed by atoms with van der Waals surface area (Å²) in [5.74, 6) is 0.1000. The average molecular weight is 326 g/mol. The first-order valence-electron chi connectivity index (χ1n) is 8.37. The number of aliphatic hydroxyl groups is 2. The Labute approximate surface area is 142 Å². The molecule has 0 saturated carbocycles. The third kappa shape index (κ3) is 3.43. The molecule has 2 N–H and O–H groups in total. The minimum Gasteiger partial charge on any atom is -0.392 e. The molecule has 2 atom stereocenters. The van der Waals surface area contributed by atoms with E-state index in [9.17, 15) is 10.2 Å². The second-order valence-electron chi connectivity index (χ2n) is 6.64. The molecule has 126 valence electrons. The Balaban J connectivity index is 1.81. The van der Waals surface area contributed by atoms with Gasteiger partial charge in [0.1, 0.15) is 17.7 Å². The molecular formula is C18H22N4O2. The summed E-state index contributed by atoms with van der Waals surface area (Å²) in [7, 11) is 0. The van der Waals surface area contributed by atoms with Crippen molar-refractivity contribution in [1.82, 2.24) is 9.80 Å². The molecule has 3 rings (SSSR count). The second kappa shape index (κ2) is 7.29. The number of aliphatic hydroxyl groups excluding tert-OH is 2. The lowest BCUT2D eigenvalue weighted by Gasteiger charge is -2.39.